The first-order valence-electron chi connectivity index (χ1n) is 4.76. The Hall–Kier alpha value is -1.16. The molecule has 0 fully saturated rings. The normalized spacial score (nSPS) is 10.7. The van der Waals surface area contributed by atoms with Crippen LogP contribution in [0.15, 0.2) is 12.4 Å². The Kier molecular flexibility index (Phi) is 2.63. The number of hydrogen-bond acceptors (Lipinski definition) is 4. The van der Waals surface area contributed by atoms with Crippen LogP contribution in [0.1, 0.15) is 18.2 Å². The van der Waals surface area contributed by atoms with Gasteiger partial charge in [0.2, 0.25) is 0 Å². The van der Waals surface area contributed by atoms with Crippen molar-refractivity contribution in [2.45, 2.75) is 20.3 Å². The average molecular weight is 207 g/mol. The molecule has 2 rings (SSSR count). The highest BCUT2D eigenvalue weighted by molar-refractivity contribution is 7.18. The van der Waals surface area contributed by atoms with Gasteiger partial charge in [-0.3, -0.25) is 0 Å². The van der Waals surface area contributed by atoms with Crippen LogP contribution in [0.3, 0.4) is 0 Å². The van der Waals surface area contributed by atoms with E-state index >= 15 is 0 Å². The van der Waals surface area contributed by atoms with E-state index in [1.165, 1.54) is 4.88 Å². The lowest BCUT2D eigenvalue weighted by Crippen LogP contribution is -2.01. The van der Waals surface area contributed by atoms with Gasteiger partial charge in [-0.2, -0.15) is 0 Å². The lowest BCUT2D eigenvalue weighted by atomic mass is 10.3. The molecule has 2 heterocycles. The maximum absolute atomic E-state index is 4.24. The molecule has 0 aliphatic rings. The largest absolute Gasteiger partial charge is 0.369 e. The molecule has 2 aromatic heterocycles. The fourth-order valence-corrected chi connectivity index (χ4v) is 2.21. The van der Waals surface area contributed by atoms with Gasteiger partial charge in [-0.05, 0) is 19.4 Å². The number of fused-ring (bicyclic) bond motifs is 1. The van der Waals surface area contributed by atoms with E-state index < -0.39 is 0 Å². The van der Waals surface area contributed by atoms with Crippen molar-refractivity contribution in [2.75, 3.05) is 11.9 Å². The Morgan fingerprint density at radius 1 is 1.43 bits per heavy atom. The molecular weight excluding hydrogens is 194 g/mol. The lowest BCUT2D eigenvalue weighted by Gasteiger charge is -2.03. The van der Waals surface area contributed by atoms with Crippen LogP contribution in [0.4, 0.5) is 5.82 Å². The van der Waals surface area contributed by atoms with E-state index in [1.54, 1.807) is 17.7 Å². The van der Waals surface area contributed by atoms with Gasteiger partial charge in [0.25, 0.3) is 0 Å². The second-order valence-electron chi connectivity index (χ2n) is 3.22. The number of hydrogen-bond donors (Lipinski definition) is 1. The number of aromatic nitrogens is 2. The smallest absolute Gasteiger partial charge is 0.138 e. The zero-order valence-electron chi connectivity index (χ0n) is 8.37. The molecule has 0 bridgehead atoms. The van der Waals surface area contributed by atoms with E-state index in [0.717, 1.165) is 29.0 Å². The van der Waals surface area contributed by atoms with Crippen LogP contribution in [-0.4, -0.2) is 16.5 Å². The Labute approximate surface area is 87.2 Å². The summed E-state index contributed by atoms with van der Waals surface area (Å²) in [6, 6.07) is 2.14. The molecular formula is C10H13N3S. The van der Waals surface area contributed by atoms with Crippen molar-refractivity contribution >= 4 is 27.4 Å². The second-order valence-corrected chi connectivity index (χ2v) is 4.46. The molecule has 0 radical (unpaired) electrons. The van der Waals surface area contributed by atoms with Gasteiger partial charge in [0.1, 0.15) is 17.0 Å². The fraction of sp³-hybridized carbons (Fsp3) is 0.400. The number of nitrogens with zero attached hydrogens (tertiary/aromatic N) is 2. The van der Waals surface area contributed by atoms with Gasteiger partial charge in [0.15, 0.2) is 0 Å². The van der Waals surface area contributed by atoms with Crippen molar-refractivity contribution in [3.63, 3.8) is 0 Å². The van der Waals surface area contributed by atoms with Crippen LogP contribution in [0.5, 0.6) is 0 Å². The monoisotopic (exact) mass is 207 g/mol. The van der Waals surface area contributed by atoms with Crippen molar-refractivity contribution in [2.24, 2.45) is 0 Å². The summed E-state index contributed by atoms with van der Waals surface area (Å²) in [6.45, 7) is 5.20. The molecule has 0 spiro atoms. The lowest BCUT2D eigenvalue weighted by molar-refractivity contribution is 0.970. The highest BCUT2D eigenvalue weighted by Crippen LogP contribution is 2.27. The number of anilines is 1. The van der Waals surface area contributed by atoms with E-state index in [-0.39, 0.29) is 0 Å². The zero-order valence-corrected chi connectivity index (χ0v) is 9.19. The standard InChI is InChI=1S/C10H13N3S/c1-3-4-11-9-8-5-7(2)14-10(8)13-6-12-9/h5-6H,3-4H2,1-2H3,(H,11,12,13). The number of rotatable bonds is 3. The van der Waals surface area contributed by atoms with Crippen molar-refractivity contribution in [3.05, 3.63) is 17.3 Å². The SMILES string of the molecule is CCCNc1ncnc2sc(C)cc12. The summed E-state index contributed by atoms with van der Waals surface area (Å²) < 4.78 is 0. The van der Waals surface area contributed by atoms with Crippen LogP contribution in [-0.2, 0) is 0 Å². The van der Waals surface area contributed by atoms with Gasteiger partial charge in [-0.1, -0.05) is 6.92 Å². The quantitative estimate of drug-likeness (QED) is 0.841. The maximum atomic E-state index is 4.24. The van der Waals surface area contributed by atoms with Gasteiger partial charge in [-0.25, -0.2) is 9.97 Å². The number of nitrogens with one attached hydrogen (secondary N) is 1. The predicted octanol–water partition coefficient (Wildman–Crippen LogP) is 2.82. The molecule has 0 saturated heterocycles. The van der Waals surface area contributed by atoms with Crippen LogP contribution in [0.25, 0.3) is 10.2 Å². The second kappa shape index (κ2) is 3.92. The van der Waals surface area contributed by atoms with E-state index in [2.05, 4.69) is 35.2 Å². The molecule has 1 N–H and O–H groups in total. The van der Waals surface area contributed by atoms with E-state index in [0.29, 0.717) is 0 Å². The highest BCUT2D eigenvalue weighted by atomic mass is 32.1. The summed E-state index contributed by atoms with van der Waals surface area (Å²) in [5.74, 6) is 0.959. The molecule has 0 aliphatic carbocycles. The first kappa shape index (κ1) is 9.40. The molecule has 74 valence electrons. The first-order chi connectivity index (χ1) is 6.81. The highest BCUT2D eigenvalue weighted by Gasteiger charge is 2.05. The van der Waals surface area contributed by atoms with Crippen molar-refractivity contribution in [1.29, 1.82) is 0 Å². The van der Waals surface area contributed by atoms with Gasteiger partial charge in [0, 0.05) is 11.4 Å². The van der Waals surface area contributed by atoms with Gasteiger partial charge < -0.3 is 5.32 Å². The number of aryl methyl sites for hydroxylation is 1. The molecule has 4 heteroatoms. The summed E-state index contributed by atoms with van der Waals surface area (Å²) in [5.41, 5.74) is 0. The predicted molar refractivity (Wildman–Crippen MR) is 60.9 cm³/mol. The molecule has 0 amide bonds. The Balaban J connectivity index is 2.42. The molecule has 3 nitrogen and oxygen atoms in total. The molecule has 0 saturated carbocycles. The molecule has 0 aliphatic heterocycles. The van der Waals surface area contributed by atoms with Crippen LogP contribution in [0.2, 0.25) is 0 Å². The van der Waals surface area contributed by atoms with Crippen molar-refractivity contribution in [1.82, 2.24) is 9.97 Å². The Morgan fingerprint density at radius 2 is 2.29 bits per heavy atom. The Morgan fingerprint density at radius 3 is 3.07 bits per heavy atom. The Bertz CT molecular complexity index is 436. The molecule has 14 heavy (non-hydrogen) atoms. The van der Waals surface area contributed by atoms with E-state index in [1.807, 2.05) is 0 Å². The van der Waals surface area contributed by atoms with E-state index in [4.69, 9.17) is 0 Å². The fourth-order valence-electron chi connectivity index (χ4n) is 1.36. The van der Waals surface area contributed by atoms with Crippen LogP contribution in [0, 0.1) is 6.92 Å². The van der Waals surface area contributed by atoms with Crippen molar-refractivity contribution < 1.29 is 0 Å². The van der Waals surface area contributed by atoms with Gasteiger partial charge in [-0.15, -0.1) is 11.3 Å². The molecule has 0 aromatic carbocycles. The molecule has 0 unspecified atom stereocenters. The third-order valence-electron chi connectivity index (χ3n) is 2.00. The van der Waals surface area contributed by atoms with Crippen molar-refractivity contribution in [3.8, 4) is 0 Å². The number of thiophene rings is 1. The van der Waals surface area contributed by atoms with E-state index in [9.17, 15) is 0 Å². The summed E-state index contributed by atoms with van der Waals surface area (Å²) >= 11 is 1.71. The summed E-state index contributed by atoms with van der Waals surface area (Å²) in [5, 5.41) is 4.45. The minimum absolute atomic E-state index is 0.959. The summed E-state index contributed by atoms with van der Waals surface area (Å²) in [4.78, 5) is 10.8. The minimum Gasteiger partial charge on any atom is -0.369 e. The maximum Gasteiger partial charge on any atom is 0.138 e. The first-order valence-corrected chi connectivity index (χ1v) is 5.58. The average Bonchev–Trinajstić information content (AvgIpc) is 2.55. The van der Waals surface area contributed by atoms with Crippen LogP contribution < -0.4 is 5.32 Å². The van der Waals surface area contributed by atoms with Gasteiger partial charge in [0.05, 0.1) is 5.39 Å². The third-order valence-corrected chi connectivity index (χ3v) is 2.95. The summed E-state index contributed by atoms with van der Waals surface area (Å²) in [6.07, 6.45) is 2.73. The molecule has 0 atom stereocenters. The molecule has 2 aromatic rings. The van der Waals surface area contributed by atoms with Crippen LogP contribution >= 0.6 is 11.3 Å². The zero-order chi connectivity index (χ0) is 9.97. The minimum atomic E-state index is 0.959. The summed E-state index contributed by atoms with van der Waals surface area (Å²) in [7, 11) is 0. The van der Waals surface area contributed by atoms with Gasteiger partial charge >= 0.3 is 0 Å². The third kappa shape index (κ3) is 1.70. The topological polar surface area (TPSA) is 37.8 Å².